The third-order valence-electron chi connectivity index (χ3n) is 1.45. The number of hydrogen-bond acceptors (Lipinski definition) is 4. The Kier molecular flexibility index (Phi) is 15.1. The van der Waals surface area contributed by atoms with Gasteiger partial charge < -0.3 is 5.11 Å². The fourth-order valence-corrected chi connectivity index (χ4v) is 1.14. The van der Waals surface area contributed by atoms with E-state index < -0.39 is 0 Å². The second-order valence-electron chi connectivity index (χ2n) is 2.45. The number of nitrogens with two attached hydrogens (primary N) is 1. The van der Waals surface area contributed by atoms with Crippen LogP contribution in [0.2, 0.25) is 0 Å². The molecule has 0 radical (unpaired) electrons. The van der Waals surface area contributed by atoms with E-state index in [-0.39, 0.29) is 0 Å². The van der Waals surface area contributed by atoms with E-state index in [9.17, 15) is 0 Å². The maximum Gasteiger partial charge on any atom is 0.0412 e. The summed E-state index contributed by atoms with van der Waals surface area (Å²) in [5, 5.41) is 12.3. The highest BCUT2D eigenvalue weighted by Gasteiger charge is 1.92. The minimum atomic E-state index is 0.941. The zero-order chi connectivity index (χ0) is 12.1. The summed E-state index contributed by atoms with van der Waals surface area (Å²) in [7, 11) is 1.00. The topological polar surface area (TPSA) is 59.1 Å². The van der Waals surface area contributed by atoms with Crippen LogP contribution in [0.3, 0.4) is 0 Å². The normalized spacial score (nSPS) is 8.13. The molecular weight excluding hydrogens is 208 g/mol. The number of aryl methyl sites for hydroxylation is 2. The van der Waals surface area contributed by atoms with Gasteiger partial charge in [-0.2, -0.15) is 0 Å². The Labute approximate surface area is 97.2 Å². The van der Waals surface area contributed by atoms with Crippen LogP contribution in [0.15, 0.2) is 18.3 Å². The number of aliphatic hydroxyl groups excluding tert-OH is 1. The van der Waals surface area contributed by atoms with Gasteiger partial charge in [0, 0.05) is 24.8 Å². The Morgan fingerprint density at radius 2 is 1.93 bits per heavy atom. The molecule has 1 aromatic rings. The van der Waals surface area contributed by atoms with Crippen molar-refractivity contribution < 1.29 is 5.11 Å². The Bertz CT molecular complexity index is 214. The van der Waals surface area contributed by atoms with Gasteiger partial charge in [-0.25, -0.2) is 0 Å². The summed E-state index contributed by atoms with van der Waals surface area (Å²) >= 11 is 1.36. The van der Waals surface area contributed by atoms with E-state index >= 15 is 0 Å². The number of pyridine rings is 1. The minimum absolute atomic E-state index is 0.941. The molecule has 0 spiro atoms. The average Bonchev–Trinajstić information content (AvgIpc) is 2.34. The number of aromatic nitrogens is 1. The van der Waals surface area contributed by atoms with Gasteiger partial charge in [0.1, 0.15) is 0 Å². The van der Waals surface area contributed by atoms with E-state index in [1.54, 1.807) is 0 Å². The number of aliphatic hydroxyl groups is 1. The van der Waals surface area contributed by atoms with Crippen LogP contribution in [-0.4, -0.2) is 23.0 Å². The van der Waals surface area contributed by atoms with Crippen molar-refractivity contribution in [3.63, 3.8) is 0 Å². The molecule has 1 rings (SSSR count). The summed E-state index contributed by atoms with van der Waals surface area (Å²) in [5.41, 5.74) is 2.32. The largest absolute Gasteiger partial charge is 0.400 e. The molecule has 0 aromatic carbocycles. The molecule has 4 heteroatoms. The molecule has 0 bridgehead atoms. The van der Waals surface area contributed by atoms with Gasteiger partial charge in [-0.05, 0) is 25.0 Å². The van der Waals surface area contributed by atoms with Crippen LogP contribution < -0.4 is 5.14 Å². The lowest BCUT2D eigenvalue weighted by Crippen LogP contribution is -1.94. The first kappa shape index (κ1) is 16.8. The fourth-order valence-electron chi connectivity index (χ4n) is 0.810. The molecule has 0 saturated carbocycles. The van der Waals surface area contributed by atoms with Crippen molar-refractivity contribution in [2.75, 3.05) is 12.9 Å². The first-order chi connectivity index (χ1) is 7.33. The molecule has 3 nitrogen and oxygen atoms in total. The zero-order valence-electron chi connectivity index (χ0n) is 10.0. The summed E-state index contributed by atoms with van der Waals surface area (Å²) in [5.74, 6) is 0.941. The lowest BCUT2D eigenvalue weighted by Gasteiger charge is -1.97. The Morgan fingerprint density at radius 3 is 2.33 bits per heavy atom. The van der Waals surface area contributed by atoms with Crippen molar-refractivity contribution in [1.82, 2.24) is 4.98 Å². The molecule has 0 fully saturated rings. The smallest absolute Gasteiger partial charge is 0.0412 e. The molecule has 0 aliphatic carbocycles. The maximum atomic E-state index is 7.00. The molecule has 0 unspecified atom stereocenters. The van der Waals surface area contributed by atoms with E-state index in [0.29, 0.717) is 0 Å². The molecule has 0 aliphatic rings. The summed E-state index contributed by atoms with van der Waals surface area (Å²) < 4.78 is 0. The van der Waals surface area contributed by atoms with Crippen molar-refractivity contribution in [1.29, 1.82) is 0 Å². The highest BCUT2D eigenvalue weighted by atomic mass is 32.2. The molecule has 1 aromatic heterocycles. The van der Waals surface area contributed by atoms with E-state index in [4.69, 9.17) is 10.2 Å². The summed E-state index contributed by atoms with van der Waals surface area (Å²) in [6, 6.07) is 4.12. The van der Waals surface area contributed by atoms with E-state index in [2.05, 4.69) is 11.1 Å². The monoisotopic (exact) mass is 230 g/mol. The van der Waals surface area contributed by atoms with Crippen LogP contribution in [0.4, 0.5) is 0 Å². The number of rotatable bonds is 3. The van der Waals surface area contributed by atoms with Gasteiger partial charge in [0.15, 0.2) is 0 Å². The van der Waals surface area contributed by atoms with E-state index in [1.165, 1.54) is 17.5 Å². The van der Waals surface area contributed by atoms with Crippen molar-refractivity contribution in [3.8, 4) is 0 Å². The van der Waals surface area contributed by atoms with Crippen LogP contribution in [0, 0.1) is 6.92 Å². The van der Waals surface area contributed by atoms with E-state index in [0.717, 1.165) is 25.0 Å². The highest BCUT2D eigenvalue weighted by Crippen LogP contribution is 2.01. The minimum Gasteiger partial charge on any atom is -0.400 e. The quantitative estimate of drug-likeness (QED) is 0.781. The van der Waals surface area contributed by atoms with Crippen molar-refractivity contribution in [3.05, 3.63) is 29.6 Å². The van der Waals surface area contributed by atoms with Crippen molar-refractivity contribution in [2.24, 2.45) is 5.14 Å². The maximum absolute atomic E-state index is 7.00. The van der Waals surface area contributed by atoms with Gasteiger partial charge >= 0.3 is 0 Å². The van der Waals surface area contributed by atoms with Gasteiger partial charge in [-0.15, -0.1) is 0 Å². The Balaban J connectivity index is 0. The molecule has 88 valence electrons. The third-order valence-corrected chi connectivity index (χ3v) is 1.89. The molecule has 0 saturated heterocycles. The SMILES string of the molecule is CC.CO.Cc1ccc(CCSN)nc1. The van der Waals surface area contributed by atoms with Crippen LogP contribution in [-0.2, 0) is 6.42 Å². The number of hydrogen-bond donors (Lipinski definition) is 2. The molecule has 0 aliphatic heterocycles. The van der Waals surface area contributed by atoms with Gasteiger partial charge in [-0.3, -0.25) is 10.1 Å². The van der Waals surface area contributed by atoms with Crippen LogP contribution >= 0.6 is 11.9 Å². The predicted octanol–water partition coefficient (Wildman–Crippen LogP) is 2.17. The second kappa shape index (κ2) is 13.4. The Morgan fingerprint density at radius 1 is 1.33 bits per heavy atom. The van der Waals surface area contributed by atoms with Crippen molar-refractivity contribution in [2.45, 2.75) is 27.2 Å². The zero-order valence-corrected chi connectivity index (χ0v) is 10.8. The van der Waals surface area contributed by atoms with Gasteiger partial charge in [-0.1, -0.05) is 31.9 Å². The summed E-state index contributed by atoms with van der Waals surface area (Å²) in [4.78, 5) is 4.25. The lowest BCUT2D eigenvalue weighted by molar-refractivity contribution is 0.399. The van der Waals surface area contributed by atoms with Gasteiger partial charge in [0.25, 0.3) is 0 Å². The molecule has 0 atom stereocenters. The van der Waals surface area contributed by atoms with E-state index in [1.807, 2.05) is 33.0 Å². The van der Waals surface area contributed by atoms with Crippen molar-refractivity contribution >= 4 is 11.9 Å². The molecule has 0 amide bonds. The number of nitrogens with zero attached hydrogens (tertiary/aromatic N) is 1. The van der Waals surface area contributed by atoms with Gasteiger partial charge in [0.05, 0.1) is 0 Å². The van der Waals surface area contributed by atoms with Gasteiger partial charge in [0.2, 0.25) is 0 Å². The Hall–Kier alpha value is -0.580. The first-order valence-electron chi connectivity index (χ1n) is 5.01. The average molecular weight is 230 g/mol. The lowest BCUT2D eigenvalue weighted by atomic mass is 10.2. The fraction of sp³-hybridized carbons (Fsp3) is 0.545. The van der Waals surface area contributed by atoms with Crippen LogP contribution in [0.1, 0.15) is 25.1 Å². The first-order valence-corrected chi connectivity index (χ1v) is 6.06. The summed E-state index contributed by atoms with van der Waals surface area (Å²) in [6.07, 6.45) is 2.85. The second-order valence-corrected chi connectivity index (χ2v) is 3.19. The molecule has 15 heavy (non-hydrogen) atoms. The molecular formula is C11H22N2OS. The standard InChI is InChI=1S/C8H12N2S.C2H6.CH4O/c1-7-2-3-8(10-6-7)4-5-11-9;2*1-2/h2-3,6H,4-5,9H2,1H3;1-2H3;2H,1H3. The predicted molar refractivity (Wildman–Crippen MR) is 68.8 cm³/mol. The van der Waals surface area contributed by atoms with Crippen LogP contribution in [0.5, 0.6) is 0 Å². The molecule has 1 heterocycles. The third kappa shape index (κ3) is 9.72. The highest BCUT2D eigenvalue weighted by molar-refractivity contribution is 7.97. The summed E-state index contributed by atoms with van der Waals surface area (Å²) in [6.45, 7) is 6.04. The van der Waals surface area contributed by atoms with Crippen LogP contribution in [0.25, 0.3) is 0 Å². The molecule has 3 N–H and O–H groups in total.